The third kappa shape index (κ3) is 5.30. The lowest BCUT2D eigenvalue weighted by molar-refractivity contribution is -0.0504. The van der Waals surface area contributed by atoms with Crippen molar-refractivity contribution < 1.29 is 13.5 Å². The van der Waals surface area contributed by atoms with Gasteiger partial charge < -0.3 is 15.8 Å². The van der Waals surface area contributed by atoms with Crippen LogP contribution in [-0.2, 0) is 19.4 Å². The van der Waals surface area contributed by atoms with Crippen LogP contribution < -0.4 is 15.8 Å². The molecule has 0 aliphatic heterocycles. The number of rotatable bonds is 5. The van der Waals surface area contributed by atoms with E-state index in [1.165, 1.54) is 30.0 Å². The van der Waals surface area contributed by atoms with Crippen LogP contribution in [0.15, 0.2) is 47.5 Å². The molecule has 0 amide bonds. The van der Waals surface area contributed by atoms with Gasteiger partial charge in [0.05, 0.1) is 6.54 Å². The predicted octanol–water partition coefficient (Wildman–Crippen LogP) is 4.71. The van der Waals surface area contributed by atoms with Crippen molar-refractivity contribution in [2.24, 2.45) is 10.7 Å². The molecule has 4 nitrogen and oxygen atoms in total. The van der Waals surface area contributed by atoms with E-state index in [0.29, 0.717) is 5.56 Å². The van der Waals surface area contributed by atoms with Crippen molar-refractivity contribution in [1.82, 2.24) is 0 Å². The average Bonchev–Trinajstić information content (AvgIpc) is 2.61. The maximum Gasteiger partial charge on any atom is 0.387 e. The molecule has 0 unspecified atom stereocenters. The second-order valence-electron chi connectivity index (χ2n) is 5.96. The summed E-state index contributed by atoms with van der Waals surface area (Å²) in [6, 6.07) is 12.7. The quantitative estimate of drug-likeness (QED) is 0.376. The first-order valence-electron chi connectivity index (χ1n) is 8.34. The zero-order chi connectivity index (χ0) is 17.6. The minimum atomic E-state index is -2.86. The van der Waals surface area contributed by atoms with E-state index >= 15 is 0 Å². The van der Waals surface area contributed by atoms with Gasteiger partial charge in [0, 0.05) is 11.3 Å². The molecule has 0 heterocycles. The van der Waals surface area contributed by atoms with Gasteiger partial charge in [0.25, 0.3) is 0 Å². The van der Waals surface area contributed by atoms with Crippen molar-refractivity contribution in [1.29, 1.82) is 0 Å². The van der Waals surface area contributed by atoms with Crippen molar-refractivity contribution in [3.63, 3.8) is 0 Å². The third-order valence-electron chi connectivity index (χ3n) is 4.27. The maximum atomic E-state index is 12.5. The van der Waals surface area contributed by atoms with E-state index in [9.17, 15) is 8.78 Å². The number of fused-ring (bicyclic) bond motifs is 1. The number of halogens is 3. The molecule has 0 bridgehead atoms. The lowest BCUT2D eigenvalue weighted by atomic mass is 9.90. The smallest absolute Gasteiger partial charge is 0.387 e. The number of aryl methyl sites for hydroxylation is 1. The highest BCUT2D eigenvalue weighted by Gasteiger charge is 2.13. The Morgan fingerprint density at radius 2 is 1.88 bits per heavy atom. The summed E-state index contributed by atoms with van der Waals surface area (Å²) in [5.41, 5.74) is 10.1. The summed E-state index contributed by atoms with van der Waals surface area (Å²) in [5.74, 6) is 0.372. The summed E-state index contributed by atoms with van der Waals surface area (Å²) in [7, 11) is 0. The van der Waals surface area contributed by atoms with E-state index < -0.39 is 6.61 Å². The van der Waals surface area contributed by atoms with Gasteiger partial charge in [-0.3, -0.25) is 0 Å². The number of nitrogens with two attached hydrogens (primary N) is 1. The van der Waals surface area contributed by atoms with Crippen LogP contribution in [0.5, 0.6) is 5.75 Å². The number of para-hydroxylation sites is 1. The molecule has 0 spiro atoms. The molecule has 3 N–H and O–H groups in total. The summed E-state index contributed by atoms with van der Waals surface area (Å²) < 4.78 is 29.4. The molecule has 0 atom stereocenters. The largest absolute Gasteiger partial charge is 0.434 e. The Labute approximate surface area is 168 Å². The monoisotopic (exact) mass is 473 g/mol. The minimum absolute atomic E-state index is 0. The summed E-state index contributed by atoms with van der Waals surface area (Å²) >= 11 is 0. The van der Waals surface area contributed by atoms with E-state index in [1.54, 1.807) is 18.2 Å². The standard InChI is InChI=1S/C19H21F2N3O.HI/c20-18(21)25-17-11-4-2-7-14(17)12-23-19(22)24-16-10-5-8-13-6-1-3-9-15(13)16;/h2,4-5,7-8,10-11,18H,1,3,6,9,12H2,(H3,22,23,24);1H. The Bertz CT molecular complexity index is 768. The van der Waals surface area contributed by atoms with E-state index in [-0.39, 0.29) is 42.2 Å². The number of aliphatic imine (C=N–C) groups is 1. The Morgan fingerprint density at radius 1 is 1.12 bits per heavy atom. The fraction of sp³-hybridized carbons (Fsp3) is 0.316. The zero-order valence-corrected chi connectivity index (χ0v) is 16.6. The van der Waals surface area contributed by atoms with Crippen LogP contribution in [0.3, 0.4) is 0 Å². The molecule has 2 aromatic rings. The highest BCUT2D eigenvalue weighted by Crippen LogP contribution is 2.27. The lowest BCUT2D eigenvalue weighted by Crippen LogP contribution is -2.24. The Balaban J connectivity index is 0.00000243. The van der Waals surface area contributed by atoms with Gasteiger partial charge in [-0.15, -0.1) is 24.0 Å². The Hall–Kier alpha value is -1.90. The molecule has 0 aromatic heterocycles. The van der Waals surface area contributed by atoms with Crippen LogP contribution in [0, 0.1) is 0 Å². The van der Waals surface area contributed by atoms with Crippen LogP contribution in [0.1, 0.15) is 29.5 Å². The number of nitrogens with zero attached hydrogens (tertiary/aromatic N) is 1. The molecule has 0 saturated heterocycles. The number of guanidine groups is 1. The second-order valence-corrected chi connectivity index (χ2v) is 5.96. The second kappa shape index (κ2) is 9.70. The van der Waals surface area contributed by atoms with Gasteiger partial charge in [0.15, 0.2) is 5.96 Å². The first-order valence-corrected chi connectivity index (χ1v) is 8.34. The molecule has 0 fully saturated rings. The van der Waals surface area contributed by atoms with Crippen LogP contribution in [0.2, 0.25) is 0 Å². The van der Waals surface area contributed by atoms with Gasteiger partial charge >= 0.3 is 6.61 Å². The van der Waals surface area contributed by atoms with Crippen LogP contribution in [0.4, 0.5) is 14.5 Å². The predicted molar refractivity (Wildman–Crippen MR) is 111 cm³/mol. The highest BCUT2D eigenvalue weighted by atomic mass is 127. The van der Waals surface area contributed by atoms with Gasteiger partial charge in [-0.25, -0.2) is 4.99 Å². The fourth-order valence-corrected chi connectivity index (χ4v) is 3.09. The molecule has 26 heavy (non-hydrogen) atoms. The average molecular weight is 473 g/mol. The van der Waals surface area contributed by atoms with E-state index in [1.807, 2.05) is 12.1 Å². The van der Waals surface area contributed by atoms with Gasteiger partial charge in [0.2, 0.25) is 0 Å². The number of benzene rings is 2. The molecular formula is C19H22F2IN3O. The zero-order valence-electron chi connectivity index (χ0n) is 14.3. The number of anilines is 1. The summed E-state index contributed by atoms with van der Waals surface area (Å²) in [4.78, 5) is 4.26. The molecule has 2 aromatic carbocycles. The van der Waals surface area contributed by atoms with Crippen molar-refractivity contribution in [3.8, 4) is 5.75 Å². The van der Waals surface area contributed by atoms with Crippen molar-refractivity contribution in [3.05, 3.63) is 59.2 Å². The van der Waals surface area contributed by atoms with Crippen LogP contribution >= 0.6 is 24.0 Å². The Kier molecular flexibility index (Phi) is 7.62. The molecule has 140 valence electrons. The van der Waals surface area contributed by atoms with Gasteiger partial charge in [-0.05, 0) is 48.9 Å². The minimum Gasteiger partial charge on any atom is -0.434 e. The van der Waals surface area contributed by atoms with Gasteiger partial charge in [-0.2, -0.15) is 8.78 Å². The van der Waals surface area contributed by atoms with Crippen molar-refractivity contribution in [2.45, 2.75) is 38.8 Å². The molecule has 1 aliphatic carbocycles. The highest BCUT2D eigenvalue weighted by molar-refractivity contribution is 14.0. The fourth-order valence-electron chi connectivity index (χ4n) is 3.09. The van der Waals surface area contributed by atoms with Crippen LogP contribution in [-0.4, -0.2) is 12.6 Å². The number of alkyl halides is 2. The molecule has 7 heteroatoms. The third-order valence-corrected chi connectivity index (χ3v) is 4.27. The SMILES string of the molecule is I.NC(=NCc1ccccc1OC(F)F)Nc1cccc2c1CCCC2. The number of nitrogens with one attached hydrogen (secondary N) is 1. The molecular weight excluding hydrogens is 451 g/mol. The lowest BCUT2D eigenvalue weighted by Gasteiger charge is -2.19. The molecule has 3 rings (SSSR count). The van der Waals surface area contributed by atoms with Crippen LogP contribution in [0.25, 0.3) is 0 Å². The summed E-state index contributed by atoms with van der Waals surface area (Å²) in [6.45, 7) is -2.70. The number of hydrogen-bond acceptors (Lipinski definition) is 2. The Morgan fingerprint density at radius 3 is 2.69 bits per heavy atom. The topological polar surface area (TPSA) is 59.6 Å². The summed E-state index contributed by atoms with van der Waals surface area (Å²) in [6.07, 6.45) is 4.49. The van der Waals surface area contributed by atoms with E-state index in [2.05, 4.69) is 21.1 Å². The molecule has 1 aliphatic rings. The maximum absolute atomic E-state index is 12.5. The molecule has 0 radical (unpaired) electrons. The van der Waals surface area contributed by atoms with E-state index in [4.69, 9.17) is 5.73 Å². The first kappa shape index (κ1) is 20.4. The first-order chi connectivity index (χ1) is 12.1. The van der Waals surface area contributed by atoms with Gasteiger partial charge in [0.1, 0.15) is 5.75 Å². The number of ether oxygens (including phenoxy) is 1. The molecule has 0 saturated carbocycles. The normalized spacial score (nSPS) is 13.7. The van der Waals surface area contributed by atoms with Gasteiger partial charge in [-0.1, -0.05) is 30.3 Å². The van der Waals surface area contributed by atoms with Crippen molar-refractivity contribution >= 4 is 35.6 Å². The number of hydrogen-bond donors (Lipinski definition) is 2. The van der Waals surface area contributed by atoms with E-state index in [0.717, 1.165) is 18.5 Å². The summed E-state index contributed by atoms with van der Waals surface area (Å²) in [5, 5.41) is 3.14. The van der Waals surface area contributed by atoms with Crippen molar-refractivity contribution in [2.75, 3.05) is 5.32 Å².